The maximum Gasteiger partial charge on any atom is 0.410 e. The van der Waals surface area contributed by atoms with Crippen LogP contribution in [0.25, 0.3) is 0 Å². The van der Waals surface area contributed by atoms with Crippen molar-refractivity contribution in [2.45, 2.75) is 46.6 Å². The molecule has 0 aromatic heterocycles. The number of amides is 1. The molecule has 0 spiro atoms. The lowest BCUT2D eigenvalue weighted by Crippen LogP contribution is -2.39. The van der Waals surface area contributed by atoms with Gasteiger partial charge in [0.1, 0.15) is 5.60 Å². The molecule has 2 N–H and O–H groups in total. The Balaban J connectivity index is 4.33. The van der Waals surface area contributed by atoms with Gasteiger partial charge in [0.25, 0.3) is 0 Å². The second-order valence-electron chi connectivity index (χ2n) is 6.96. The zero-order chi connectivity index (χ0) is 18.6. The van der Waals surface area contributed by atoms with Crippen molar-refractivity contribution in [3.63, 3.8) is 0 Å². The van der Waals surface area contributed by atoms with E-state index in [4.69, 9.17) is 9.47 Å². The minimum Gasteiger partial charge on any atom is -0.444 e. The maximum absolute atomic E-state index is 12.0. The first-order valence-corrected chi connectivity index (χ1v) is 8.64. The number of nitrogens with one attached hydrogen (secondary N) is 2. The van der Waals surface area contributed by atoms with Crippen LogP contribution >= 0.6 is 0 Å². The quantitative estimate of drug-likeness (QED) is 0.380. The molecule has 24 heavy (non-hydrogen) atoms. The van der Waals surface area contributed by atoms with Crippen molar-refractivity contribution >= 4 is 12.1 Å². The molecule has 7 heteroatoms. The molecule has 142 valence electrons. The van der Waals surface area contributed by atoms with Crippen LogP contribution in [0.3, 0.4) is 0 Å². The van der Waals surface area contributed by atoms with Crippen LogP contribution in [0.2, 0.25) is 0 Å². The highest BCUT2D eigenvalue weighted by molar-refractivity contribution is 5.79. The van der Waals surface area contributed by atoms with Crippen LogP contribution in [0.4, 0.5) is 4.79 Å². The van der Waals surface area contributed by atoms with Crippen LogP contribution < -0.4 is 10.6 Å². The van der Waals surface area contributed by atoms with Gasteiger partial charge in [0.2, 0.25) is 0 Å². The van der Waals surface area contributed by atoms with E-state index in [0.29, 0.717) is 13.1 Å². The van der Waals surface area contributed by atoms with E-state index in [1.165, 1.54) is 0 Å². The number of ether oxygens (including phenoxy) is 2. The summed E-state index contributed by atoms with van der Waals surface area (Å²) in [6.45, 7) is 13.3. The molecule has 0 saturated heterocycles. The van der Waals surface area contributed by atoms with Crippen molar-refractivity contribution in [1.29, 1.82) is 0 Å². The van der Waals surface area contributed by atoms with Crippen LogP contribution in [-0.4, -0.2) is 69.5 Å². The molecule has 0 heterocycles. The first-order chi connectivity index (χ1) is 11.2. The summed E-state index contributed by atoms with van der Waals surface area (Å²) in [5.41, 5.74) is -0.475. The smallest absolute Gasteiger partial charge is 0.410 e. The van der Waals surface area contributed by atoms with Crippen LogP contribution in [0.1, 0.15) is 41.0 Å². The Morgan fingerprint density at radius 2 is 1.96 bits per heavy atom. The van der Waals surface area contributed by atoms with Crippen LogP contribution in [0.15, 0.2) is 4.99 Å². The van der Waals surface area contributed by atoms with Gasteiger partial charge >= 0.3 is 6.09 Å². The fraction of sp³-hybridized carbons (Fsp3) is 0.882. The van der Waals surface area contributed by atoms with Gasteiger partial charge in [-0.25, -0.2) is 4.79 Å². The Labute approximate surface area is 147 Å². The molecule has 0 aromatic carbocycles. The van der Waals surface area contributed by atoms with Gasteiger partial charge in [-0.3, -0.25) is 4.99 Å². The minimum atomic E-state index is -0.475. The number of guanidine groups is 1. The Kier molecular flexibility index (Phi) is 11.2. The lowest BCUT2D eigenvalue weighted by molar-refractivity contribution is 0.0279. The molecule has 7 nitrogen and oxygen atoms in total. The summed E-state index contributed by atoms with van der Waals surface area (Å²) in [5, 5.41) is 6.49. The number of nitrogens with zero attached hydrogens (tertiary/aromatic N) is 2. The third-order valence-corrected chi connectivity index (χ3v) is 3.01. The molecule has 0 saturated carbocycles. The van der Waals surface area contributed by atoms with Gasteiger partial charge < -0.3 is 25.0 Å². The number of carbonyl (C=O) groups is 1. The second kappa shape index (κ2) is 11.9. The summed E-state index contributed by atoms with van der Waals surface area (Å²) >= 11 is 0. The number of hydrogen-bond donors (Lipinski definition) is 2. The molecule has 1 atom stereocenters. The summed E-state index contributed by atoms with van der Waals surface area (Å²) in [7, 11) is 3.45. The van der Waals surface area contributed by atoms with E-state index in [1.807, 2.05) is 27.7 Å². The monoisotopic (exact) mass is 344 g/mol. The Hall–Kier alpha value is -1.50. The lowest BCUT2D eigenvalue weighted by Gasteiger charge is -2.26. The highest BCUT2D eigenvalue weighted by Gasteiger charge is 2.20. The zero-order valence-corrected chi connectivity index (χ0v) is 16.4. The fourth-order valence-electron chi connectivity index (χ4n) is 1.95. The zero-order valence-electron chi connectivity index (χ0n) is 16.4. The largest absolute Gasteiger partial charge is 0.444 e. The number of rotatable bonds is 9. The van der Waals surface area contributed by atoms with Gasteiger partial charge in [-0.05, 0) is 40.0 Å². The van der Waals surface area contributed by atoms with Crippen molar-refractivity contribution in [2.75, 3.05) is 46.9 Å². The molecule has 0 bridgehead atoms. The van der Waals surface area contributed by atoms with E-state index >= 15 is 0 Å². The summed E-state index contributed by atoms with van der Waals surface area (Å²) in [4.78, 5) is 18.1. The number of carbonyl (C=O) groups excluding carboxylic acids is 1. The standard InChI is InChI=1S/C17H36N4O3/c1-8-18-15(19-10-9-11-23-7)20-12-14(2)13-21(6)16(22)24-17(3,4)5/h14H,8-13H2,1-7H3,(H2,18,19,20). The molecule has 1 unspecified atom stereocenters. The third-order valence-electron chi connectivity index (χ3n) is 3.01. The van der Waals surface area contributed by atoms with Crippen LogP contribution in [-0.2, 0) is 9.47 Å². The van der Waals surface area contributed by atoms with Gasteiger partial charge in [0, 0.05) is 46.9 Å². The molecule has 0 aliphatic carbocycles. The summed E-state index contributed by atoms with van der Waals surface area (Å²) < 4.78 is 10.4. The minimum absolute atomic E-state index is 0.233. The van der Waals surface area contributed by atoms with Crippen molar-refractivity contribution in [2.24, 2.45) is 10.9 Å². The normalized spacial score (nSPS) is 13.4. The summed E-state index contributed by atoms with van der Waals surface area (Å²) in [5.74, 6) is 1.03. The molecule has 0 radical (unpaired) electrons. The predicted octanol–water partition coefficient (Wildman–Crippen LogP) is 2.08. The number of methoxy groups -OCH3 is 1. The van der Waals surface area contributed by atoms with E-state index in [1.54, 1.807) is 19.1 Å². The average molecular weight is 345 g/mol. The van der Waals surface area contributed by atoms with Crippen LogP contribution in [0.5, 0.6) is 0 Å². The topological polar surface area (TPSA) is 75.2 Å². The first kappa shape index (κ1) is 22.5. The van der Waals surface area contributed by atoms with Crippen molar-refractivity contribution in [3.05, 3.63) is 0 Å². The van der Waals surface area contributed by atoms with E-state index < -0.39 is 5.60 Å². The molecule has 0 aliphatic heterocycles. The SMILES string of the molecule is CCNC(=NCC(C)CN(C)C(=O)OC(C)(C)C)NCCCOC. The third kappa shape index (κ3) is 12.0. The first-order valence-electron chi connectivity index (χ1n) is 8.64. The second-order valence-corrected chi connectivity index (χ2v) is 6.96. The Morgan fingerprint density at radius 3 is 2.50 bits per heavy atom. The molecule has 0 aliphatic rings. The summed E-state index contributed by atoms with van der Waals surface area (Å²) in [6.07, 6.45) is 0.626. The Bertz CT molecular complexity index is 381. The van der Waals surface area contributed by atoms with Gasteiger partial charge in [0.15, 0.2) is 5.96 Å². The molecule has 0 fully saturated rings. The molecular weight excluding hydrogens is 308 g/mol. The maximum atomic E-state index is 12.0. The average Bonchev–Trinajstić information content (AvgIpc) is 2.47. The van der Waals surface area contributed by atoms with Crippen LogP contribution in [0, 0.1) is 5.92 Å². The number of hydrogen-bond acceptors (Lipinski definition) is 4. The van der Waals surface area contributed by atoms with Gasteiger partial charge in [0.05, 0.1) is 0 Å². The fourth-order valence-corrected chi connectivity index (χ4v) is 1.95. The van der Waals surface area contributed by atoms with Crippen molar-refractivity contribution in [3.8, 4) is 0 Å². The molecule has 0 rings (SSSR count). The van der Waals surface area contributed by atoms with E-state index in [-0.39, 0.29) is 12.0 Å². The summed E-state index contributed by atoms with van der Waals surface area (Å²) in [6, 6.07) is 0. The number of aliphatic imine (C=N–C) groups is 1. The van der Waals surface area contributed by atoms with Crippen molar-refractivity contribution in [1.82, 2.24) is 15.5 Å². The highest BCUT2D eigenvalue weighted by atomic mass is 16.6. The van der Waals surface area contributed by atoms with E-state index in [2.05, 4.69) is 22.5 Å². The van der Waals surface area contributed by atoms with Gasteiger partial charge in [-0.2, -0.15) is 0 Å². The Morgan fingerprint density at radius 1 is 1.29 bits per heavy atom. The lowest BCUT2D eigenvalue weighted by atomic mass is 10.2. The van der Waals surface area contributed by atoms with E-state index in [9.17, 15) is 4.79 Å². The molecular formula is C17H36N4O3. The van der Waals surface area contributed by atoms with Crippen molar-refractivity contribution < 1.29 is 14.3 Å². The predicted molar refractivity (Wildman–Crippen MR) is 98.5 cm³/mol. The highest BCUT2D eigenvalue weighted by Crippen LogP contribution is 2.10. The molecule has 0 aromatic rings. The van der Waals surface area contributed by atoms with Gasteiger partial charge in [-0.15, -0.1) is 0 Å². The molecule has 1 amide bonds. The van der Waals surface area contributed by atoms with E-state index in [0.717, 1.165) is 32.1 Å². The van der Waals surface area contributed by atoms with Gasteiger partial charge in [-0.1, -0.05) is 6.92 Å².